The highest BCUT2D eigenvalue weighted by molar-refractivity contribution is 7.89. The summed E-state index contributed by atoms with van der Waals surface area (Å²) in [5, 5.41) is 8.40. The fraction of sp³-hybridized carbons (Fsp3) is 0.185. The van der Waals surface area contributed by atoms with E-state index in [1.165, 1.54) is 16.8 Å². The largest absolute Gasteiger partial charge is 0.497 e. The van der Waals surface area contributed by atoms with Gasteiger partial charge in [0.05, 0.1) is 36.1 Å². The van der Waals surface area contributed by atoms with E-state index in [4.69, 9.17) is 14.6 Å². The van der Waals surface area contributed by atoms with Gasteiger partial charge in [-0.3, -0.25) is 14.9 Å². The number of methoxy groups -OCH3 is 2. The molecule has 0 radical (unpaired) electrons. The van der Waals surface area contributed by atoms with Crippen molar-refractivity contribution in [2.24, 2.45) is 10.1 Å². The Balaban J connectivity index is 1.68. The van der Waals surface area contributed by atoms with Crippen molar-refractivity contribution in [1.82, 2.24) is 9.78 Å². The van der Waals surface area contributed by atoms with E-state index in [1.807, 2.05) is 24.3 Å². The Morgan fingerprint density at radius 3 is 2.03 bits per heavy atom. The second-order valence-corrected chi connectivity index (χ2v) is 9.90. The summed E-state index contributed by atoms with van der Waals surface area (Å²) in [6.07, 6.45) is 0.567. The molecule has 0 fully saturated rings. The van der Waals surface area contributed by atoms with E-state index in [1.54, 1.807) is 57.5 Å². The lowest BCUT2D eigenvalue weighted by atomic mass is 10.0. The van der Waals surface area contributed by atoms with Gasteiger partial charge in [0.15, 0.2) is 0 Å². The quantitative estimate of drug-likeness (QED) is 0.326. The molecule has 1 heterocycles. The average Bonchev–Trinajstić information content (AvgIpc) is 3.25. The van der Waals surface area contributed by atoms with Gasteiger partial charge in [-0.1, -0.05) is 12.1 Å². The zero-order valence-corrected chi connectivity index (χ0v) is 21.6. The fourth-order valence-corrected chi connectivity index (χ4v) is 4.45. The number of aromatic amines is 1. The minimum absolute atomic E-state index is 0.0615. The lowest BCUT2D eigenvalue weighted by Crippen LogP contribution is -2.19. The summed E-state index contributed by atoms with van der Waals surface area (Å²) in [7, 11) is -0.551. The maximum atomic E-state index is 13.6. The minimum atomic E-state index is -3.74. The lowest BCUT2D eigenvalue weighted by molar-refractivity contribution is 0.414. The molecule has 192 valence electrons. The van der Waals surface area contributed by atoms with E-state index in [-0.39, 0.29) is 10.5 Å². The van der Waals surface area contributed by atoms with Crippen LogP contribution in [0.2, 0.25) is 0 Å². The summed E-state index contributed by atoms with van der Waals surface area (Å²) in [6, 6.07) is 21.0. The highest BCUT2D eigenvalue weighted by Gasteiger charge is 2.19. The van der Waals surface area contributed by atoms with Gasteiger partial charge in [-0.25, -0.2) is 18.2 Å². The number of hydrogen-bond donors (Lipinski definition) is 2. The molecule has 0 amide bonds. The van der Waals surface area contributed by atoms with Crippen LogP contribution in [0.4, 0.5) is 0 Å². The Kier molecular flexibility index (Phi) is 7.61. The van der Waals surface area contributed by atoms with Crippen LogP contribution in [-0.2, 0) is 16.4 Å². The van der Waals surface area contributed by atoms with Crippen molar-refractivity contribution < 1.29 is 17.9 Å². The number of nitrogens with two attached hydrogens (primary N) is 1. The molecule has 0 unspecified atom stereocenters. The van der Waals surface area contributed by atoms with E-state index in [0.717, 1.165) is 11.1 Å². The maximum Gasteiger partial charge on any atom is 0.280 e. The fourth-order valence-electron chi connectivity index (χ4n) is 3.93. The molecule has 0 spiro atoms. The molecular weight excluding hydrogens is 492 g/mol. The third-order valence-corrected chi connectivity index (χ3v) is 6.89. The van der Waals surface area contributed by atoms with Crippen LogP contribution >= 0.6 is 0 Å². The van der Waals surface area contributed by atoms with Gasteiger partial charge in [-0.2, -0.15) is 0 Å². The van der Waals surface area contributed by atoms with Crippen molar-refractivity contribution in [3.8, 4) is 28.4 Å². The second-order valence-electron chi connectivity index (χ2n) is 8.33. The van der Waals surface area contributed by atoms with Gasteiger partial charge in [0.2, 0.25) is 10.0 Å². The maximum absolute atomic E-state index is 13.6. The second kappa shape index (κ2) is 10.9. The van der Waals surface area contributed by atoms with Crippen LogP contribution in [0.3, 0.4) is 0 Å². The van der Waals surface area contributed by atoms with Crippen LogP contribution in [-0.4, -0.2) is 44.7 Å². The van der Waals surface area contributed by atoms with Crippen LogP contribution in [0.25, 0.3) is 16.9 Å². The zero-order chi connectivity index (χ0) is 26.6. The van der Waals surface area contributed by atoms with Gasteiger partial charge in [0.1, 0.15) is 11.5 Å². The molecule has 0 aliphatic rings. The van der Waals surface area contributed by atoms with Gasteiger partial charge in [-0.05, 0) is 79.6 Å². The molecule has 0 saturated carbocycles. The van der Waals surface area contributed by atoms with Gasteiger partial charge >= 0.3 is 0 Å². The number of rotatable bonds is 9. The van der Waals surface area contributed by atoms with E-state index in [0.29, 0.717) is 47.1 Å². The SMILES string of the molecule is COc1ccc(-c2[nH]n(-c3ccc(OC)cc3)c(=O)c2C(C)=NCCc2ccc(S(N)(=O)=O)cc2)cc1. The molecule has 0 bridgehead atoms. The zero-order valence-electron chi connectivity index (χ0n) is 20.8. The van der Waals surface area contributed by atoms with Crippen molar-refractivity contribution in [3.05, 3.63) is 94.3 Å². The van der Waals surface area contributed by atoms with Gasteiger partial charge < -0.3 is 9.47 Å². The molecule has 10 heteroatoms. The number of benzene rings is 3. The van der Waals surface area contributed by atoms with E-state index >= 15 is 0 Å². The Morgan fingerprint density at radius 2 is 1.49 bits per heavy atom. The van der Waals surface area contributed by atoms with Gasteiger partial charge in [-0.15, -0.1) is 0 Å². The topological polar surface area (TPSA) is 129 Å². The number of primary sulfonamides is 1. The average molecular weight is 521 g/mol. The number of ether oxygens (including phenoxy) is 2. The summed E-state index contributed by atoms with van der Waals surface area (Å²) in [5.74, 6) is 1.40. The summed E-state index contributed by atoms with van der Waals surface area (Å²) < 4.78 is 34.9. The predicted molar refractivity (Wildman–Crippen MR) is 144 cm³/mol. The van der Waals surface area contributed by atoms with Crippen LogP contribution in [0.1, 0.15) is 18.1 Å². The van der Waals surface area contributed by atoms with Gasteiger partial charge in [0.25, 0.3) is 5.56 Å². The molecule has 1 aromatic heterocycles. The number of nitrogens with zero attached hydrogens (tertiary/aromatic N) is 2. The van der Waals surface area contributed by atoms with Crippen molar-refractivity contribution in [2.45, 2.75) is 18.2 Å². The predicted octanol–water partition coefficient (Wildman–Crippen LogP) is 3.55. The number of aromatic nitrogens is 2. The Bertz CT molecular complexity index is 1570. The number of nitrogens with one attached hydrogen (secondary N) is 1. The van der Waals surface area contributed by atoms with Gasteiger partial charge in [0, 0.05) is 17.8 Å². The standard InChI is InChI=1S/C27H28N4O5S/c1-18(29-17-16-19-4-14-24(15-5-19)37(28,33)34)25-26(20-6-10-22(35-2)11-7-20)30-31(27(25)32)21-8-12-23(36-3)13-9-21/h4-15,30H,16-17H2,1-3H3,(H2,28,33,34). The van der Waals surface area contributed by atoms with Crippen LogP contribution in [0.5, 0.6) is 11.5 Å². The molecule has 4 aromatic rings. The summed E-state index contributed by atoms with van der Waals surface area (Å²) in [5.41, 5.74) is 3.84. The smallest absolute Gasteiger partial charge is 0.280 e. The molecule has 37 heavy (non-hydrogen) atoms. The van der Waals surface area contributed by atoms with Crippen molar-refractivity contribution >= 4 is 15.7 Å². The molecular formula is C27H28N4O5S. The molecule has 0 aliphatic carbocycles. The molecule has 0 saturated heterocycles. The van der Waals surface area contributed by atoms with Crippen LogP contribution < -0.4 is 20.2 Å². The van der Waals surface area contributed by atoms with E-state index in [9.17, 15) is 13.2 Å². The first-order valence-corrected chi connectivity index (χ1v) is 13.0. The molecule has 3 N–H and O–H groups in total. The first-order chi connectivity index (χ1) is 17.7. The lowest BCUT2D eigenvalue weighted by Gasteiger charge is -2.06. The molecule has 4 rings (SSSR count). The highest BCUT2D eigenvalue weighted by Crippen LogP contribution is 2.25. The minimum Gasteiger partial charge on any atom is -0.497 e. The number of sulfonamides is 1. The van der Waals surface area contributed by atoms with E-state index in [2.05, 4.69) is 10.1 Å². The molecule has 9 nitrogen and oxygen atoms in total. The third-order valence-electron chi connectivity index (χ3n) is 5.96. The van der Waals surface area contributed by atoms with E-state index < -0.39 is 10.0 Å². The summed E-state index contributed by atoms with van der Waals surface area (Å²) >= 11 is 0. The molecule has 3 aromatic carbocycles. The van der Waals surface area contributed by atoms with Crippen molar-refractivity contribution in [3.63, 3.8) is 0 Å². The normalized spacial score (nSPS) is 11.9. The third kappa shape index (κ3) is 5.82. The Labute approximate surface area is 215 Å². The monoisotopic (exact) mass is 520 g/mol. The summed E-state index contributed by atoms with van der Waals surface area (Å²) in [4.78, 5) is 18.3. The molecule has 0 aliphatic heterocycles. The Morgan fingerprint density at radius 1 is 0.919 bits per heavy atom. The Hall–Kier alpha value is -4.15. The number of aliphatic imine (C=N–C) groups is 1. The first-order valence-electron chi connectivity index (χ1n) is 11.5. The summed E-state index contributed by atoms with van der Waals surface area (Å²) in [6.45, 7) is 2.22. The molecule has 0 atom stereocenters. The highest BCUT2D eigenvalue weighted by atomic mass is 32.2. The van der Waals surface area contributed by atoms with Crippen LogP contribution in [0, 0.1) is 0 Å². The van der Waals surface area contributed by atoms with Crippen LogP contribution in [0.15, 0.2) is 87.5 Å². The first kappa shape index (κ1) is 25.9. The van der Waals surface area contributed by atoms with Crippen molar-refractivity contribution in [2.75, 3.05) is 20.8 Å². The number of H-pyrrole nitrogens is 1. The van der Waals surface area contributed by atoms with Crippen molar-refractivity contribution in [1.29, 1.82) is 0 Å². The number of hydrogen-bond acceptors (Lipinski definition) is 6.